The lowest BCUT2D eigenvalue weighted by Gasteiger charge is -2.20. The number of hydrogen-bond acceptors (Lipinski definition) is 3. The molecule has 0 aliphatic rings. The van der Waals surface area contributed by atoms with Crippen LogP contribution in [0.5, 0.6) is 5.75 Å². The Kier molecular flexibility index (Phi) is 6.39. The zero-order valence-corrected chi connectivity index (χ0v) is 13.9. The summed E-state index contributed by atoms with van der Waals surface area (Å²) in [4.78, 5) is 4.18. The molecule has 0 saturated carbocycles. The number of pyridine rings is 1. The van der Waals surface area contributed by atoms with E-state index in [0.29, 0.717) is 0 Å². The van der Waals surface area contributed by atoms with Gasteiger partial charge in [0, 0.05) is 29.6 Å². The van der Waals surface area contributed by atoms with E-state index in [0.717, 1.165) is 29.5 Å². The summed E-state index contributed by atoms with van der Waals surface area (Å²) in [6.07, 6.45) is 4.63. The molecule has 3 nitrogen and oxygen atoms in total. The number of benzene rings is 2. The van der Waals surface area contributed by atoms with E-state index >= 15 is 0 Å². The quantitative estimate of drug-likeness (QED) is 0.729. The predicted molar refractivity (Wildman–Crippen MR) is 97.3 cm³/mol. The van der Waals surface area contributed by atoms with Gasteiger partial charge in [0.25, 0.3) is 0 Å². The lowest BCUT2D eigenvalue weighted by Crippen LogP contribution is -2.16. The van der Waals surface area contributed by atoms with Gasteiger partial charge in [0.05, 0.1) is 0 Å². The summed E-state index contributed by atoms with van der Waals surface area (Å²) >= 11 is 0. The van der Waals surface area contributed by atoms with Crippen molar-refractivity contribution in [2.75, 3.05) is 13.6 Å². The van der Waals surface area contributed by atoms with Gasteiger partial charge in [-0.1, -0.05) is 42.5 Å². The van der Waals surface area contributed by atoms with Gasteiger partial charge in [-0.3, -0.25) is 4.98 Å². The lowest BCUT2D eigenvalue weighted by atomic mass is 10.1. The molecule has 0 aliphatic carbocycles. The standard InChI is InChI=1S/C19H20N2O.ClH/c1-20-12-11-18(15-6-3-2-4-7-15)22-19-9-5-8-16-14-21-13-10-17(16)19;/h2-10,13-14,18,20H,11-12H2,1H3;1H/t18-;/m1./s1. The van der Waals surface area contributed by atoms with Gasteiger partial charge in [0.15, 0.2) is 0 Å². The average molecular weight is 329 g/mol. The number of nitrogens with zero attached hydrogens (tertiary/aromatic N) is 1. The van der Waals surface area contributed by atoms with Crippen LogP contribution in [0.4, 0.5) is 0 Å². The lowest BCUT2D eigenvalue weighted by molar-refractivity contribution is 0.197. The van der Waals surface area contributed by atoms with Crippen LogP contribution in [0, 0.1) is 0 Å². The normalized spacial score (nSPS) is 11.7. The van der Waals surface area contributed by atoms with Crippen molar-refractivity contribution in [1.29, 1.82) is 0 Å². The van der Waals surface area contributed by atoms with E-state index in [-0.39, 0.29) is 18.5 Å². The Balaban J connectivity index is 0.00000192. The molecule has 4 heteroatoms. The smallest absolute Gasteiger partial charge is 0.128 e. The molecule has 0 unspecified atom stereocenters. The molecule has 0 radical (unpaired) electrons. The Morgan fingerprint density at radius 1 is 1.04 bits per heavy atom. The average Bonchev–Trinajstić information content (AvgIpc) is 2.59. The van der Waals surface area contributed by atoms with Crippen LogP contribution in [0.25, 0.3) is 10.8 Å². The first kappa shape index (κ1) is 17.3. The SMILES string of the molecule is CNCC[C@@H](Oc1cccc2cnccc12)c1ccccc1.Cl. The molecule has 0 amide bonds. The van der Waals surface area contributed by atoms with Gasteiger partial charge in [-0.05, 0) is 31.3 Å². The van der Waals surface area contributed by atoms with Crippen LogP contribution in [0.1, 0.15) is 18.1 Å². The van der Waals surface area contributed by atoms with Crippen molar-refractivity contribution in [3.8, 4) is 5.75 Å². The monoisotopic (exact) mass is 328 g/mol. The van der Waals surface area contributed by atoms with Crippen LogP contribution >= 0.6 is 12.4 Å². The minimum absolute atomic E-state index is 0. The van der Waals surface area contributed by atoms with E-state index in [4.69, 9.17) is 4.74 Å². The van der Waals surface area contributed by atoms with Crippen molar-refractivity contribution < 1.29 is 4.74 Å². The van der Waals surface area contributed by atoms with E-state index < -0.39 is 0 Å². The molecule has 1 heterocycles. The summed E-state index contributed by atoms with van der Waals surface area (Å²) in [6, 6.07) is 18.5. The number of rotatable bonds is 6. The highest BCUT2D eigenvalue weighted by atomic mass is 35.5. The molecule has 1 atom stereocenters. The van der Waals surface area contributed by atoms with E-state index in [2.05, 4.69) is 40.6 Å². The van der Waals surface area contributed by atoms with Gasteiger partial charge in [-0.15, -0.1) is 12.4 Å². The summed E-state index contributed by atoms with van der Waals surface area (Å²) in [5.74, 6) is 0.907. The van der Waals surface area contributed by atoms with E-state index in [1.165, 1.54) is 5.56 Å². The number of fused-ring (bicyclic) bond motifs is 1. The first-order valence-corrected chi connectivity index (χ1v) is 7.57. The fourth-order valence-electron chi connectivity index (χ4n) is 2.59. The third-order valence-corrected chi connectivity index (χ3v) is 3.74. The van der Waals surface area contributed by atoms with Crippen LogP contribution in [0.15, 0.2) is 67.0 Å². The fourth-order valence-corrected chi connectivity index (χ4v) is 2.59. The molecule has 3 aromatic rings. The molecule has 0 aliphatic heterocycles. The first-order chi connectivity index (χ1) is 10.9. The van der Waals surface area contributed by atoms with Crippen LogP contribution in [0.3, 0.4) is 0 Å². The third kappa shape index (κ3) is 4.21. The zero-order chi connectivity index (χ0) is 15.2. The van der Waals surface area contributed by atoms with E-state index in [1.807, 2.05) is 37.5 Å². The molecule has 2 aromatic carbocycles. The maximum atomic E-state index is 6.35. The number of ether oxygens (including phenoxy) is 1. The van der Waals surface area contributed by atoms with Gasteiger partial charge in [0.1, 0.15) is 11.9 Å². The second-order valence-electron chi connectivity index (χ2n) is 5.26. The van der Waals surface area contributed by atoms with Gasteiger partial charge in [-0.25, -0.2) is 0 Å². The molecular formula is C19H21ClN2O. The summed E-state index contributed by atoms with van der Waals surface area (Å²) in [5.41, 5.74) is 1.20. The topological polar surface area (TPSA) is 34.1 Å². The summed E-state index contributed by atoms with van der Waals surface area (Å²) in [5, 5.41) is 5.40. The fraction of sp³-hybridized carbons (Fsp3) is 0.211. The van der Waals surface area contributed by atoms with E-state index in [1.54, 1.807) is 6.20 Å². The molecule has 0 spiro atoms. The van der Waals surface area contributed by atoms with Crippen LogP contribution in [0.2, 0.25) is 0 Å². The van der Waals surface area contributed by atoms with Gasteiger partial charge in [0.2, 0.25) is 0 Å². The highest BCUT2D eigenvalue weighted by Crippen LogP contribution is 2.30. The van der Waals surface area contributed by atoms with Crippen LogP contribution < -0.4 is 10.1 Å². The Bertz CT molecular complexity index is 728. The van der Waals surface area contributed by atoms with E-state index in [9.17, 15) is 0 Å². The highest BCUT2D eigenvalue weighted by molar-refractivity contribution is 5.87. The third-order valence-electron chi connectivity index (χ3n) is 3.74. The molecule has 0 saturated heterocycles. The molecule has 3 rings (SSSR count). The summed E-state index contributed by atoms with van der Waals surface area (Å²) in [7, 11) is 1.96. The molecule has 0 fully saturated rings. The number of nitrogens with one attached hydrogen (secondary N) is 1. The van der Waals surface area contributed by atoms with Crippen molar-refractivity contribution in [3.63, 3.8) is 0 Å². The molecule has 1 aromatic heterocycles. The highest BCUT2D eigenvalue weighted by Gasteiger charge is 2.14. The molecular weight excluding hydrogens is 308 g/mol. The molecule has 120 valence electrons. The van der Waals surface area contributed by atoms with Crippen molar-refractivity contribution >= 4 is 23.2 Å². The predicted octanol–water partition coefficient (Wildman–Crippen LogP) is 4.39. The van der Waals surface area contributed by atoms with Crippen molar-refractivity contribution in [2.24, 2.45) is 0 Å². The maximum Gasteiger partial charge on any atom is 0.128 e. The van der Waals surface area contributed by atoms with Crippen molar-refractivity contribution in [1.82, 2.24) is 10.3 Å². The number of halogens is 1. The zero-order valence-electron chi connectivity index (χ0n) is 13.1. The van der Waals surface area contributed by atoms with Crippen molar-refractivity contribution in [2.45, 2.75) is 12.5 Å². The van der Waals surface area contributed by atoms with Crippen LogP contribution in [-0.4, -0.2) is 18.6 Å². The maximum absolute atomic E-state index is 6.35. The second-order valence-corrected chi connectivity index (χ2v) is 5.26. The number of aromatic nitrogens is 1. The number of hydrogen-bond donors (Lipinski definition) is 1. The molecule has 0 bridgehead atoms. The van der Waals surface area contributed by atoms with Gasteiger partial charge < -0.3 is 10.1 Å². The van der Waals surface area contributed by atoms with Crippen LogP contribution in [-0.2, 0) is 0 Å². The largest absolute Gasteiger partial charge is 0.485 e. The minimum Gasteiger partial charge on any atom is -0.485 e. The Hall–Kier alpha value is -2.10. The second kappa shape index (κ2) is 8.51. The molecule has 23 heavy (non-hydrogen) atoms. The minimum atomic E-state index is 0. The summed E-state index contributed by atoms with van der Waals surface area (Å²) < 4.78 is 6.35. The first-order valence-electron chi connectivity index (χ1n) is 7.57. The van der Waals surface area contributed by atoms with Crippen molar-refractivity contribution in [3.05, 3.63) is 72.6 Å². The Labute approximate surface area is 143 Å². The Morgan fingerprint density at radius 3 is 2.65 bits per heavy atom. The Morgan fingerprint density at radius 2 is 1.87 bits per heavy atom. The molecule has 1 N–H and O–H groups in total. The van der Waals surface area contributed by atoms with Gasteiger partial charge >= 0.3 is 0 Å². The van der Waals surface area contributed by atoms with Gasteiger partial charge in [-0.2, -0.15) is 0 Å². The summed E-state index contributed by atoms with van der Waals surface area (Å²) in [6.45, 7) is 0.909.